The number of rotatable bonds is 5. The van der Waals surface area contributed by atoms with Crippen molar-refractivity contribution in [2.45, 2.75) is 37.9 Å². The van der Waals surface area contributed by atoms with E-state index < -0.39 is 12.0 Å². The van der Waals surface area contributed by atoms with Crippen LogP contribution < -0.4 is 4.90 Å². The minimum Gasteiger partial charge on any atom is -0.396 e. The Morgan fingerprint density at radius 1 is 1.35 bits per heavy atom. The van der Waals surface area contributed by atoms with E-state index in [4.69, 9.17) is 16.7 Å². The molecule has 112 valence electrons. The molecule has 0 aliphatic heterocycles. The summed E-state index contributed by atoms with van der Waals surface area (Å²) in [5.41, 5.74) is 0. The molecule has 20 heavy (non-hydrogen) atoms. The van der Waals surface area contributed by atoms with Crippen LogP contribution in [0.15, 0.2) is 6.07 Å². The van der Waals surface area contributed by atoms with Gasteiger partial charge in [0.25, 0.3) is 0 Å². The second-order valence-electron chi connectivity index (χ2n) is 4.73. The van der Waals surface area contributed by atoms with Gasteiger partial charge >= 0.3 is 6.18 Å². The molecule has 1 heterocycles. The predicted molar refractivity (Wildman–Crippen MR) is 68.7 cm³/mol. The van der Waals surface area contributed by atoms with Gasteiger partial charge in [-0.3, -0.25) is 0 Å². The first-order valence-electron chi connectivity index (χ1n) is 6.41. The summed E-state index contributed by atoms with van der Waals surface area (Å²) in [6.45, 7) is 0.431. The summed E-state index contributed by atoms with van der Waals surface area (Å²) in [6.07, 6.45) is -1.28. The standard InChI is InChI=1S/C12H15ClF3N3O/c13-9-7-10(18-11(17-9)12(14,15)16)19(5-2-6-20)8-3-1-4-8/h7-8,20H,1-6H2. The zero-order valence-corrected chi connectivity index (χ0v) is 11.5. The third kappa shape index (κ3) is 3.52. The van der Waals surface area contributed by atoms with E-state index in [0.29, 0.717) is 13.0 Å². The highest BCUT2D eigenvalue weighted by atomic mass is 35.5. The summed E-state index contributed by atoms with van der Waals surface area (Å²) < 4.78 is 38.2. The molecule has 1 fully saturated rings. The quantitative estimate of drug-likeness (QED) is 0.850. The maximum Gasteiger partial charge on any atom is 0.451 e. The average molecular weight is 310 g/mol. The van der Waals surface area contributed by atoms with Crippen molar-refractivity contribution in [2.24, 2.45) is 0 Å². The third-order valence-corrected chi connectivity index (χ3v) is 3.50. The summed E-state index contributed by atoms with van der Waals surface area (Å²) in [6, 6.07) is 1.50. The van der Waals surface area contributed by atoms with E-state index >= 15 is 0 Å². The summed E-state index contributed by atoms with van der Waals surface area (Å²) in [7, 11) is 0. The van der Waals surface area contributed by atoms with Crippen molar-refractivity contribution in [3.05, 3.63) is 17.0 Å². The number of aliphatic hydroxyl groups excluding tert-OH is 1. The third-order valence-electron chi connectivity index (χ3n) is 3.30. The molecule has 1 N–H and O–H groups in total. The minimum absolute atomic E-state index is 0.0197. The van der Waals surface area contributed by atoms with Gasteiger partial charge in [-0.25, -0.2) is 9.97 Å². The lowest BCUT2D eigenvalue weighted by Gasteiger charge is -2.38. The lowest BCUT2D eigenvalue weighted by atomic mass is 9.91. The molecular formula is C12H15ClF3N3O. The first-order chi connectivity index (χ1) is 9.41. The van der Waals surface area contributed by atoms with E-state index in [1.807, 2.05) is 0 Å². The van der Waals surface area contributed by atoms with Gasteiger partial charge in [0.15, 0.2) is 0 Å². The first kappa shape index (κ1) is 15.3. The van der Waals surface area contributed by atoms with Crippen molar-refractivity contribution in [1.29, 1.82) is 0 Å². The number of aromatic nitrogens is 2. The topological polar surface area (TPSA) is 49.2 Å². The molecule has 0 amide bonds. The number of hydrogen-bond donors (Lipinski definition) is 1. The molecule has 4 nitrogen and oxygen atoms in total. The summed E-state index contributed by atoms with van der Waals surface area (Å²) in [5, 5.41) is 8.68. The van der Waals surface area contributed by atoms with Gasteiger partial charge in [-0.15, -0.1) is 0 Å². The molecular weight excluding hydrogens is 295 g/mol. The molecule has 0 aromatic carbocycles. The Morgan fingerprint density at radius 3 is 2.55 bits per heavy atom. The predicted octanol–water partition coefficient (Wildman–Crippen LogP) is 2.89. The van der Waals surface area contributed by atoms with E-state index in [1.165, 1.54) is 6.07 Å². The van der Waals surface area contributed by atoms with Crippen molar-refractivity contribution in [3.8, 4) is 0 Å². The van der Waals surface area contributed by atoms with Gasteiger partial charge in [0.1, 0.15) is 11.0 Å². The molecule has 8 heteroatoms. The van der Waals surface area contributed by atoms with Crippen LogP contribution in [0.2, 0.25) is 5.15 Å². The Morgan fingerprint density at radius 2 is 2.05 bits per heavy atom. The molecule has 1 saturated carbocycles. The maximum atomic E-state index is 12.7. The van der Waals surface area contributed by atoms with Gasteiger partial charge in [-0.05, 0) is 25.7 Å². The Hall–Kier alpha value is -1.08. The monoisotopic (exact) mass is 309 g/mol. The lowest BCUT2D eigenvalue weighted by molar-refractivity contribution is -0.144. The SMILES string of the molecule is OCCCN(c1cc(Cl)nc(C(F)(F)F)n1)C1CCC1. The highest BCUT2D eigenvalue weighted by Crippen LogP contribution is 2.33. The highest BCUT2D eigenvalue weighted by Gasteiger charge is 2.36. The van der Waals surface area contributed by atoms with Crippen molar-refractivity contribution < 1.29 is 18.3 Å². The molecule has 1 aromatic rings. The van der Waals surface area contributed by atoms with Gasteiger partial charge in [0.05, 0.1) is 0 Å². The summed E-state index contributed by atoms with van der Waals surface area (Å²) in [5.74, 6) is -1.05. The largest absolute Gasteiger partial charge is 0.451 e. The molecule has 0 saturated heterocycles. The van der Waals surface area contributed by atoms with Gasteiger partial charge in [0, 0.05) is 25.3 Å². The van der Waals surface area contributed by atoms with Gasteiger partial charge in [0.2, 0.25) is 5.82 Å². The molecule has 0 spiro atoms. The molecule has 0 radical (unpaired) electrons. The number of halogens is 4. The molecule has 1 aromatic heterocycles. The zero-order valence-electron chi connectivity index (χ0n) is 10.7. The van der Waals surface area contributed by atoms with Crippen molar-refractivity contribution in [3.63, 3.8) is 0 Å². The molecule has 0 unspecified atom stereocenters. The van der Waals surface area contributed by atoms with Crippen LogP contribution in [0.1, 0.15) is 31.5 Å². The maximum absolute atomic E-state index is 12.7. The van der Waals surface area contributed by atoms with Crippen molar-refractivity contribution >= 4 is 17.4 Å². The Kier molecular flexibility index (Phi) is 4.70. The van der Waals surface area contributed by atoms with Crippen LogP contribution in [-0.2, 0) is 6.18 Å². The lowest BCUT2D eigenvalue weighted by Crippen LogP contribution is -2.42. The van der Waals surface area contributed by atoms with Crippen LogP contribution in [-0.4, -0.2) is 34.3 Å². The van der Waals surface area contributed by atoms with E-state index in [9.17, 15) is 13.2 Å². The van der Waals surface area contributed by atoms with E-state index in [1.54, 1.807) is 4.90 Å². The summed E-state index contributed by atoms with van der Waals surface area (Å²) >= 11 is 5.67. The van der Waals surface area contributed by atoms with E-state index in [-0.39, 0.29) is 23.6 Å². The van der Waals surface area contributed by atoms with Crippen LogP contribution in [0.25, 0.3) is 0 Å². The fourth-order valence-electron chi connectivity index (χ4n) is 2.10. The minimum atomic E-state index is -4.62. The molecule has 1 aliphatic rings. The molecule has 2 rings (SSSR count). The smallest absolute Gasteiger partial charge is 0.396 e. The Labute approximate surface area is 119 Å². The Bertz CT molecular complexity index is 466. The molecule has 0 atom stereocenters. The number of alkyl halides is 3. The van der Waals surface area contributed by atoms with Crippen molar-refractivity contribution in [1.82, 2.24) is 9.97 Å². The highest BCUT2D eigenvalue weighted by molar-refractivity contribution is 6.29. The van der Waals surface area contributed by atoms with Crippen LogP contribution in [0.5, 0.6) is 0 Å². The van der Waals surface area contributed by atoms with Crippen LogP contribution in [0.3, 0.4) is 0 Å². The normalized spacial score (nSPS) is 16.1. The molecule has 1 aliphatic carbocycles. The van der Waals surface area contributed by atoms with Gasteiger partial charge in [-0.2, -0.15) is 13.2 Å². The Balaban J connectivity index is 2.29. The van der Waals surface area contributed by atoms with Crippen LogP contribution >= 0.6 is 11.6 Å². The van der Waals surface area contributed by atoms with Crippen molar-refractivity contribution in [2.75, 3.05) is 18.1 Å². The number of anilines is 1. The van der Waals surface area contributed by atoms with Gasteiger partial charge < -0.3 is 10.0 Å². The van der Waals surface area contributed by atoms with E-state index in [2.05, 4.69) is 9.97 Å². The van der Waals surface area contributed by atoms with E-state index in [0.717, 1.165) is 19.3 Å². The average Bonchev–Trinajstić information content (AvgIpc) is 2.30. The number of nitrogens with zero attached hydrogens (tertiary/aromatic N) is 3. The fourth-order valence-corrected chi connectivity index (χ4v) is 2.28. The number of aliphatic hydroxyl groups is 1. The second-order valence-corrected chi connectivity index (χ2v) is 5.11. The fraction of sp³-hybridized carbons (Fsp3) is 0.667. The number of hydrogen-bond acceptors (Lipinski definition) is 4. The molecule has 0 bridgehead atoms. The van der Waals surface area contributed by atoms with Gasteiger partial charge in [-0.1, -0.05) is 11.6 Å². The second kappa shape index (κ2) is 6.13. The van der Waals surface area contributed by atoms with Crippen LogP contribution in [0.4, 0.5) is 19.0 Å². The first-order valence-corrected chi connectivity index (χ1v) is 6.79. The van der Waals surface area contributed by atoms with Crippen LogP contribution in [0, 0.1) is 0 Å². The zero-order chi connectivity index (χ0) is 14.8. The summed E-state index contributed by atoms with van der Waals surface area (Å²) in [4.78, 5) is 8.59.